The molecule has 1 amide bonds. The Bertz CT molecular complexity index is 523. The molecule has 0 aliphatic rings. The highest BCUT2D eigenvalue weighted by atomic mass is 32.1. The molecule has 88 valence electrons. The van der Waals surface area contributed by atoms with Gasteiger partial charge in [0.05, 0.1) is 11.9 Å². The molecule has 0 radical (unpaired) electrons. The first-order chi connectivity index (χ1) is 8.06. The topological polar surface area (TPSA) is 104 Å². The van der Waals surface area contributed by atoms with Crippen LogP contribution in [0.1, 0.15) is 32.9 Å². The van der Waals surface area contributed by atoms with Crippen molar-refractivity contribution in [3.8, 4) is 0 Å². The molecule has 0 aliphatic carbocycles. The molecule has 2 rings (SSSR count). The molecule has 0 saturated heterocycles. The number of hydrogen-bond acceptors (Lipinski definition) is 6. The summed E-state index contributed by atoms with van der Waals surface area (Å²) >= 11 is 1.27. The lowest BCUT2D eigenvalue weighted by Gasteiger charge is -1.94. The summed E-state index contributed by atoms with van der Waals surface area (Å²) < 4.78 is 0. The van der Waals surface area contributed by atoms with Crippen LogP contribution in [0.3, 0.4) is 0 Å². The van der Waals surface area contributed by atoms with Crippen LogP contribution in [-0.2, 0) is 6.54 Å². The fourth-order valence-electron chi connectivity index (χ4n) is 1.17. The molecule has 0 saturated carbocycles. The molecule has 8 heteroatoms. The van der Waals surface area contributed by atoms with Crippen molar-refractivity contribution >= 4 is 23.0 Å². The fourth-order valence-corrected chi connectivity index (χ4v) is 1.88. The Labute approximate surface area is 100 Å². The summed E-state index contributed by atoms with van der Waals surface area (Å²) in [5, 5.41) is 9.94. The van der Waals surface area contributed by atoms with E-state index in [0.29, 0.717) is 17.2 Å². The number of carbonyl (C=O) groups is 2. The summed E-state index contributed by atoms with van der Waals surface area (Å²) in [5.41, 5.74) is 5.83. The van der Waals surface area contributed by atoms with Gasteiger partial charge in [-0.3, -0.25) is 9.59 Å². The SMILES string of the molecule is CC(=O)c1nc(Cn2ncc(C(N)=O)n2)cs1. The number of amides is 1. The van der Waals surface area contributed by atoms with Gasteiger partial charge >= 0.3 is 0 Å². The molecule has 0 unspecified atom stereocenters. The summed E-state index contributed by atoms with van der Waals surface area (Å²) in [6, 6.07) is 0. The maximum atomic E-state index is 11.1. The van der Waals surface area contributed by atoms with E-state index in [1.807, 2.05) is 0 Å². The van der Waals surface area contributed by atoms with Crippen molar-refractivity contribution in [2.75, 3.05) is 0 Å². The number of hydrogen-bond donors (Lipinski definition) is 1. The molecule has 2 heterocycles. The second kappa shape index (κ2) is 4.42. The Morgan fingerprint density at radius 1 is 1.53 bits per heavy atom. The number of Topliss-reactive ketones (excluding diaryl/α,β-unsaturated/α-hetero) is 1. The van der Waals surface area contributed by atoms with Crippen molar-refractivity contribution < 1.29 is 9.59 Å². The fraction of sp³-hybridized carbons (Fsp3) is 0.222. The quantitative estimate of drug-likeness (QED) is 0.775. The Morgan fingerprint density at radius 2 is 2.29 bits per heavy atom. The number of aromatic nitrogens is 4. The standard InChI is InChI=1S/C9H9N5O2S/c1-5(15)9-12-6(4-17-9)3-14-11-2-7(13-14)8(10)16/h2,4H,3H2,1H3,(H2,10,16). The Morgan fingerprint density at radius 3 is 2.82 bits per heavy atom. The van der Waals surface area contributed by atoms with Crippen LogP contribution in [0.15, 0.2) is 11.6 Å². The van der Waals surface area contributed by atoms with Gasteiger partial charge in [0.1, 0.15) is 6.54 Å². The first-order valence-electron chi connectivity index (χ1n) is 4.71. The zero-order chi connectivity index (χ0) is 12.4. The summed E-state index contributed by atoms with van der Waals surface area (Å²) in [5.74, 6) is -0.702. The van der Waals surface area contributed by atoms with Crippen LogP contribution in [0.2, 0.25) is 0 Å². The third kappa shape index (κ3) is 2.53. The Hall–Kier alpha value is -2.09. The lowest BCUT2D eigenvalue weighted by atomic mass is 10.4. The van der Waals surface area contributed by atoms with Gasteiger partial charge in [0.25, 0.3) is 5.91 Å². The molecule has 0 atom stereocenters. The first kappa shape index (κ1) is 11.4. The highest BCUT2D eigenvalue weighted by molar-refractivity contribution is 7.11. The molecule has 2 N–H and O–H groups in total. The van der Waals surface area contributed by atoms with E-state index in [-0.39, 0.29) is 11.5 Å². The Balaban J connectivity index is 2.13. The number of rotatable bonds is 4. The van der Waals surface area contributed by atoms with Gasteiger partial charge in [0.15, 0.2) is 16.5 Å². The highest BCUT2D eigenvalue weighted by Gasteiger charge is 2.09. The molecular weight excluding hydrogens is 242 g/mol. The van der Waals surface area contributed by atoms with Crippen LogP contribution in [0.5, 0.6) is 0 Å². The molecule has 0 fully saturated rings. The van der Waals surface area contributed by atoms with Crippen molar-refractivity contribution in [1.82, 2.24) is 20.0 Å². The van der Waals surface area contributed by atoms with E-state index in [4.69, 9.17) is 5.73 Å². The van der Waals surface area contributed by atoms with Crippen LogP contribution in [0.25, 0.3) is 0 Å². The average molecular weight is 251 g/mol. The largest absolute Gasteiger partial charge is 0.364 e. The van der Waals surface area contributed by atoms with Crippen LogP contribution >= 0.6 is 11.3 Å². The molecular formula is C9H9N5O2S. The molecule has 0 spiro atoms. The smallest absolute Gasteiger partial charge is 0.270 e. The van der Waals surface area contributed by atoms with Gasteiger partial charge in [0, 0.05) is 12.3 Å². The average Bonchev–Trinajstić information content (AvgIpc) is 2.87. The number of ketones is 1. The van der Waals surface area contributed by atoms with Crippen LogP contribution in [-0.4, -0.2) is 31.7 Å². The van der Waals surface area contributed by atoms with E-state index >= 15 is 0 Å². The zero-order valence-corrected chi connectivity index (χ0v) is 9.77. The lowest BCUT2D eigenvalue weighted by molar-refractivity contribution is 0.0992. The summed E-state index contributed by atoms with van der Waals surface area (Å²) in [7, 11) is 0. The normalized spacial score (nSPS) is 10.4. The monoisotopic (exact) mass is 251 g/mol. The minimum Gasteiger partial charge on any atom is -0.364 e. The predicted octanol–water partition coefficient (Wildman–Crippen LogP) is 0.0844. The third-order valence-electron chi connectivity index (χ3n) is 1.95. The van der Waals surface area contributed by atoms with E-state index in [0.717, 1.165) is 0 Å². The van der Waals surface area contributed by atoms with E-state index in [9.17, 15) is 9.59 Å². The molecule has 17 heavy (non-hydrogen) atoms. The lowest BCUT2D eigenvalue weighted by Crippen LogP contribution is -2.13. The number of nitrogens with two attached hydrogens (primary N) is 1. The zero-order valence-electron chi connectivity index (χ0n) is 8.95. The third-order valence-corrected chi connectivity index (χ3v) is 2.94. The van der Waals surface area contributed by atoms with Gasteiger partial charge in [0.2, 0.25) is 0 Å². The van der Waals surface area contributed by atoms with E-state index in [1.54, 1.807) is 5.38 Å². The van der Waals surface area contributed by atoms with Crippen molar-refractivity contribution in [2.24, 2.45) is 5.73 Å². The number of nitrogens with zero attached hydrogens (tertiary/aromatic N) is 4. The minimum atomic E-state index is -0.626. The van der Waals surface area contributed by atoms with Gasteiger partial charge in [-0.05, 0) is 0 Å². The predicted molar refractivity (Wildman–Crippen MR) is 59.8 cm³/mol. The number of thiazole rings is 1. The first-order valence-corrected chi connectivity index (χ1v) is 5.59. The van der Waals surface area contributed by atoms with Crippen molar-refractivity contribution in [2.45, 2.75) is 13.5 Å². The summed E-state index contributed by atoms with van der Waals surface area (Å²) in [6.45, 7) is 1.76. The molecule has 7 nitrogen and oxygen atoms in total. The molecule has 2 aromatic heterocycles. The van der Waals surface area contributed by atoms with Crippen molar-refractivity contribution in [1.29, 1.82) is 0 Å². The molecule has 0 aromatic carbocycles. The van der Waals surface area contributed by atoms with Crippen LogP contribution < -0.4 is 5.73 Å². The minimum absolute atomic E-state index is 0.0764. The highest BCUT2D eigenvalue weighted by Crippen LogP contribution is 2.10. The van der Waals surface area contributed by atoms with Gasteiger partial charge < -0.3 is 5.73 Å². The van der Waals surface area contributed by atoms with Gasteiger partial charge in [-0.15, -0.1) is 16.4 Å². The van der Waals surface area contributed by atoms with Gasteiger partial charge in [-0.1, -0.05) is 0 Å². The van der Waals surface area contributed by atoms with Crippen molar-refractivity contribution in [3.63, 3.8) is 0 Å². The second-order valence-electron chi connectivity index (χ2n) is 3.32. The van der Waals surface area contributed by atoms with Gasteiger partial charge in [-0.25, -0.2) is 4.98 Å². The Kier molecular flexibility index (Phi) is 2.96. The maximum Gasteiger partial charge on any atom is 0.270 e. The summed E-state index contributed by atoms with van der Waals surface area (Å²) in [6.07, 6.45) is 1.29. The van der Waals surface area contributed by atoms with Crippen LogP contribution in [0, 0.1) is 0 Å². The van der Waals surface area contributed by atoms with E-state index in [1.165, 1.54) is 29.3 Å². The van der Waals surface area contributed by atoms with Gasteiger partial charge in [-0.2, -0.15) is 9.90 Å². The van der Waals surface area contributed by atoms with Crippen molar-refractivity contribution in [3.05, 3.63) is 28.0 Å². The van der Waals surface area contributed by atoms with Crippen LogP contribution in [0.4, 0.5) is 0 Å². The van der Waals surface area contributed by atoms with E-state index < -0.39 is 5.91 Å². The number of primary amides is 1. The summed E-state index contributed by atoms with van der Waals surface area (Å²) in [4.78, 5) is 27.3. The van der Waals surface area contributed by atoms with E-state index in [2.05, 4.69) is 15.2 Å². The molecule has 2 aromatic rings. The second-order valence-corrected chi connectivity index (χ2v) is 4.18. The molecule has 0 bridgehead atoms. The number of carbonyl (C=O) groups excluding carboxylic acids is 2. The maximum absolute atomic E-state index is 11.1. The molecule has 0 aliphatic heterocycles.